The largest absolute Gasteiger partial charge is 0.469 e. The Hall–Kier alpha value is -2.23. The maximum Gasteiger partial charge on any atom is 0.433 e. The molecule has 2 fully saturated rings. The highest BCUT2D eigenvalue weighted by Gasteiger charge is 2.55. The second-order valence-electron chi connectivity index (χ2n) is 8.28. The van der Waals surface area contributed by atoms with Crippen LogP contribution < -0.4 is 4.74 Å². The molecule has 9 heteroatoms. The summed E-state index contributed by atoms with van der Waals surface area (Å²) in [6.07, 6.45) is -2.11. The van der Waals surface area contributed by atoms with Crippen molar-refractivity contribution in [1.82, 2.24) is 9.97 Å². The second-order valence-corrected chi connectivity index (χ2v) is 8.28. The highest BCUT2D eigenvalue weighted by molar-refractivity contribution is 5.19. The van der Waals surface area contributed by atoms with Crippen LogP contribution in [0.4, 0.5) is 13.2 Å². The highest BCUT2D eigenvalue weighted by Crippen LogP contribution is 2.40. The number of hydrogen-bond donors (Lipinski definition) is 0. The molecule has 31 heavy (non-hydrogen) atoms. The van der Waals surface area contributed by atoms with Crippen LogP contribution in [0.1, 0.15) is 38.4 Å². The van der Waals surface area contributed by atoms with Crippen LogP contribution in [-0.4, -0.2) is 46.3 Å². The van der Waals surface area contributed by atoms with Crippen LogP contribution >= 0.6 is 0 Å². The van der Waals surface area contributed by atoms with Crippen molar-refractivity contribution in [3.63, 3.8) is 0 Å². The number of halogens is 3. The van der Waals surface area contributed by atoms with E-state index in [1.165, 1.54) is 12.1 Å². The molecule has 0 aromatic carbocycles. The number of aromatic nitrogens is 2. The average Bonchev–Trinajstić information content (AvgIpc) is 3.05. The van der Waals surface area contributed by atoms with Crippen molar-refractivity contribution in [2.45, 2.75) is 76.1 Å². The van der Waals surface area contributed by atoms with E-state index in [0.29, 0.717) is 12.8 Å². The molecular weight excluding hydrogens is 413 g/mol. The van der Waals surface area contributed by atoms with Crippen LogP contribution in [0.15, 0.2) is 42.7 Å². The molecular formula is C22H25F3N2O4. The van der Waals surface area contributed by atoms with Crippen LogP contribution in [0.5, 0.6) is 5.88 Å². The fourth-order valence-corrected chi connectivity index (χ4v) is 4.09. The quantitative estimate of drug-likeness (QED) is 0.698. The molecule has 2 saturated heterocycles. The van der Waals surface area contributed by atoms with Crippen molar-refractivity contribution < 1.29 is 32.1 Å². The molecule has 0 bridgehead atoms. The maximum atomic E-state index is 13.1. The first kappa shape index (κ1) is 22.0. The first-order chi connectivity index (χ1) is 14.6. The lowest BCUT2D eigenvalue weighted by atomic mass is 9.92. The molecule has 2 aliphatic heterocycles. The Kier molecular flexibility index (Phi) is 5.93. The molecule has 0 N–H and O–H groups in total. The minimum Gasteiger partial charge on any atom is -0.469 e. The zero-order valence-electron chi connectivity index (χ0n) is 17.5. The second kappa shape index (κ2) is 8.37. The van der Waals surface area contributed by atoms with Crippen molar-refractivity contribution in [1.29, 1.82) is 0 Å². The smallest absolute Gasteiger partial charge is 0.433 e. The van der Waals surface area contributed by atoms with E-state index in [2.05, 4.69) is 9.97 Å². The molecule has 2 aromatic rings. The van der Waals surface area contributed by atoms with Crippen molar-refractivity contribution in [3.05, 3.63) is 54.0 Å². The van der Waals surface area contributed by atoms with Crippen LogP contribution in [0.2, 0.25) is 0 Å². The predicted octanol–water partition coefficient (Wildman–Crippen LogP) is 4.18. The summed E-state index contributed by atoms with van der Waals surface area (Å²) in [5.41, 5.74) is 0.0668. The number of alkyl halides is 3. The summed E-state index contributed by atoms with van der Waals surface area (Å²) in [7, 11) is 0. The highest BCUT2D eigenvalue weighted by atomic mass is 19.4. The fourth-order valence-electron chi connectivity index (χ4n) is 4.09. The molecule has 4 heterocycles. The minimum absolute atomic E-state index is 0.126. The van der Waals surface area contributed by atoms with Crippen LogP contribution in [0, 0.1) is 0 Å². The normalized spacial score (nSPS) is 30.1. The van der Waals surface area contributed by atoms with Crippen molar-refractivity contribution >= 4 is 0 Å². The van der Waals surface area contributed by atoms with E-state index in [4.69, 9.17) is 18.9 Å². The third kappa shape index (κ3) is 4.99. The molecule has 0 unspecified atom stereocenters. The van der Waals surface area contributed by atoms with Crippen LogP contribution in [-0.2, 0) is 26.8 Å². The predicted molar refractivity (Wildman–Crippen MR) is 104 cm³/mol. The third-order valence-electron chi connectivity index (χ3n) is 5.44. The van der Waals surface area contributed by atoms with E-state index < -0.39 is 42.1 Å². The zero-order valence-corrected chi connectivity index (χ0v) is 17.5. The van der Waals surface area contributed by atoms with Gasteiger partial charge in [0.15, 0.2) is 11.9 Å². The van der Waals surface area contributed by atoms with Gasteiger partial charge >= 0.3 is 6.18 Å². The number of pyridine rings is 2. The third-order valence-corrected chi connectivity index (χ3v) is 5.44. The maximum absolute atomic E-state index is 13.1. The summed E-state index contributed by atoms with van der Waals surface area (Å²) in [5, 5.41) is 0. The van der Waals surface area contributed by atoms with Crippen molar-refractivity contribution in [2.75, 3.05) is 0 Å². The van der Waals surface area contributed by atoms with Gasteiger partial charge in [-0.05, 0) is 57.4 Å². The van der Waals surface area contributed by atoms with E-state index in [1.807, 2.05) is 19.1 Å². The van der Waals surface area contributed by atoms with Gasteiger partial charge in [0.1, 0.15) is 17.9 Å². The van der Waals surface area contributed by atoms with E-state index in [9.17, 15) is 13.2 Å². The Bertz CT molecular complexity index is 894. The first-order valence-corrected chi connectivity index (χ1v) is 10.2. The Labute approximate surface area is 178 Å². The SMILES string of the molecule is C[C@H]1O[C@H](CCc2ccncc2)[C@H](Oc2cccc(C(F)(F)F)n2)[C@H]2OC(C)(C)O[C@H]21. The van der Waals surface area contributed by atoms with E-state index in [-0.39, 0.29) is 12.0 Å². The lowest BCUT2D eigenvalue weighted by Gasteiger charge is -2.41. The molecule has 0 radical (unpaired) electrons. The van der Waals surface area contributed by atoms with Crippen LogP contribution in [0.25, 0.3) is 0 Å². The number of aryl methyl sites for hydroxylation is 1. The van der Waals surface area contributed by atoms with Gasteiger partial charge in [-0.1, -0.05) is 6.07 Å². The summed E-state index contributed by atoms with van der Waals surface area (Å²) >= 11 is 0. The van der Waals surface area contributed by atoms with Gasteiger partial charge in [-0.3, -0.25) is 4.98 Å². The lowest BCUT2D eigenvalue weighted by molar-refractivity contribution is -0.176. The molecule has 0 amide bonds. The standard InChI is InChI=1S/C22H25F3N2O4/c1-13-18-20(31-21(2,3)30-18)19(15(28-13)8-7-14-9-11-26-12-10-14)29-17-6-4-5-16(27-17)22(23,24)25/h4-6,9-13,15,18-20H,7-8H2,1-3H3/t13-,15-,18+,19+,20+/m1/s1. The number of fused-ring (bicyclic) bond motifs is 1. The van der Waals surface area contributed by atoms with Gasteiger partial charge in [0, 0.05) is 18.5 Å². The molecule has 0 spiro atoms. The monoisotopic (exact) mass is 438 g/mol. The number of rotatable bonds is 5. The molecule has 5 atom stereocenters. The van der Waals surface area contributed by atoms with Gasteiger partial charge in [-0.2, -0.15) is 13.2 Å². The van der Waals surface area contributed by atoms with E-state index in [1.54, 1.807) is 26.2 Å². The summed E-state index contributed by atoms with van der Waals surface area (Å²) in [5.74, 6) is -0.977. The molecule has 2 aliphatic rings. The lowest BCUT2D eigenvalue weighted by Crippen LogP contribution is -2.57. The van der Waals surface area contributed by atoms with Crippen molar-refractivity contribution in [3.8, 4) is 5.88 Å². The fraction of sp³-hybridized carbons (Fsp3) is 0.545. The van der Waals surface area contributed by atoms with Crippen LogP contribution in [0.3, 0.4) is 0 Å². The Morgan fingerprint density at radius 3 is 2.48 bits per heavy atom. The molecule has 0 saturated carbocycles. The van der Waals surface area contributed by atoms with Crippen molar-refractivity contribution in [2.24, 2.45) is 0 Å². The Morgan fingerprint density at radius 2 is 1.77 bits per heavy atom. The number of ether oxygens (including phenoxy) is 4. The molecule has 0 aliphatic carbocycles. The summed E-state index contributed by atoms with van der Waals surface area (Å²) < 4.78 is 63.6. The zero-order chi connectivity index (χ0) is 22.2. The molecule has 2 aromatic heterocycles. The average molecular weight is 438 g/mol. The summed E-state index contributed by atoms with van der Waals surface area (Å²) in [6, 6.07) is 7.42. The minimum atomic E-state index is -4.56. The number of hydrogen-bond acceptors (Lipinski definition) is 6. The first-order valence-electron chi connectivity index (χ1n) is 10.2. The Balaban J connectivity index is 1.59. The van der Waals surface area contributed by atoms with Gasteiger partial charge in [0.05, 0.1) is 12.2 Å². The number of nitrogens with zero attached hydrogens (tertiary/aromatic N) is 2. The van der Waals surface area contributed by atoms with Gasteiger partial charge in [-0.25, -0.2) is 4.98 Å². The Morgan fingerprint density at radius 1 is 1.06 bits per heavy atom. The van der Waals surface area contributed by atoms with Gasteiger partial charge in [-0.15, -0.1) is 0 Å². The summed E-state index contributed by atoms with van der Waals surface area (Å²) in [6.45, 7) is 5.49. The summed E-state index contributed by atoms with van der Waals surface area (Å²) in [4.78, 5) is 7.67. The van der Waals surface area contributed by atoms with Gasteiger partial charge in [0.25, 0.3) is 0 Å². The molecule has 4 rings (SSSR count). The van der Waals surface area contributed by atoms with Gasteiger partial charge in [0.2, 0.25) is 5.88 Å². The molecule has 168 valence electrons. The van der Waals surface area contributed by atoms with Gasteiger partial charge < -0.3 is 18.9 Å². The van der Waals surface area contributed by atoms with E-state index >= 15 is 0 Å². The van der Waals surface area contributed by atoms with E-state index in [0.717, 1.165) is 11.6 Å². The topological polar surface area (TPSA) is 62.7 Å². The molecule has 6 nitrogen and oxygen atoms in total.